The molecule has 0 aliphatic rings. The van der Waals surface area contributed by atoms with E-state index in [-0.39, 0.29) is 17.4 Å². The Bertz CT molecular complexity index is 835. The molecule has 0 bridgehead atoms. The van der Waals surface area contributed by atoms with E-state index < -0.39 is 5.69 Å². The van der Waals surface area contributed by atoms with Crippen LogP contribution in [-0.4, -0.2) is 15.5 Å². The van der Waals surface area contributed by atoms with Crippen LogP contribution in [-0.2, 0) is 17.8 Å². The van der Waals surface area contributed by atoms with E-state index in [1.54, 1.807) is 4.57 Å². The second-order valence-corrected chi connectivity index (χ2v) is 6.51. The smallest absolute Gasteiger partial charge is 0.328 e. The molecule has 0 saturated carbocycles. The third kappa shape index (κ3) is 4.92. The first-order valence-corrected chi connectivity index (χ1v) is 8.58. The zero-order valence-electron chi connectivity index (χ0n) is 14.7. The fourth-order valence-electron chi connectivity index (χ4n) is 3.01. The van der Waals surface area contributed by atoms with Gasteiger partial charge in [-0.25, -0.2) is 4.79 Å². The van der Waals surface area contributed by atoms with Gasteiger partial charge < -0.3 is 5.73 Å². The maximum absolute atomic E-state index is 12.4. The number of rotatable bonds is 8. The Morgan fingerprint density at radius 2 is 1.84 bits per heavy atom. The van der Waals surface area contributed by atoms with Crippen molar-refractivity contribution in [2.45, 2.75) is 52.0 Å². The Morgan fingerprint density at radius 3 is 2.44 bits per heavy atom. The molecule has 1 aromatic heterocycles. The van der Waals surface area contributed by atoms with Gasteiger partial charge in [0.15, 0.2) is 0 Å². The molecular weight excluding hydrogens is 318 g/mol. The second kappa shape index (κ2) is 8.46. The van der Waals surface area contributed by atoms with Crippen LogP contribution in [0.1, 0.15) is 55.8 Å². The third-order valence-electron chi connectivity index (χ3n) is 4.19. The van der Waals surface area contributed by atoms with Crippen LogP contribution in [0, 0.1) is 0 Å². The highest BCUT2D eigenvalue weighted by Crippen LogP contribution is 2.18. The molecule has 0 spiro atoms. The first-order chi connectivity index (χ1) is 11.9. The van der Waals surface area contributed by atoms with Crippen molar-refractivity contribution < 1.29 is 4.79 Å². The number of carbonyl (C=O) groups is 1. The predicted molar refractivity (Wildman–Crippen MR) is 97.7 cm³/mol. The zero-order chi connectivity index (χ0) is 18.4. The lowest BCUT2D eigenvalue weighted by atomic mass is 9.98. The Kier molecular flexibility index (Phi) is 6.33. The number of primary amides is 1. The van der Waals surface area contributed by atoms with E-state index in [0.717, 1.165) is 11.3 Å². The van der Waals surface area contributed by atoms with Gasteiger partial charge in [-0.15, -0.1) is 0 Å². The number of amides is 1. The number of aromatic amines is 1. The Morgan fingerprint density at radius 1 is 1.16 bits per heavy atom. The maximum Gasteiger partial charge on any atom is 0.328 e. The number of H-pyrrole nitrogens is 1. The number of carbonyl (C=O) groups excluding carboxylic acids is 1. The summed E-state index contributed by atoms with van der Waals surface area (Å²) in [4.78, 5) is 38.0. The van der Waals surface area contributed by atoms with Crippen molar-refractivity contribution in [3.63, 3.8) is 0 Å². The van der Waals surface area contributed by atoms with Crippen LogP contribution in [0.4, 0.5) is 0 Å². The van der Waals surface area contributed by atoms with E-state index in [9.17, 15) is 14.4 Å². The topological polar surface area (TPSA) is 97.9 Å². The van der Waals surface area contributed by atoms with Gasteiger partial charge in [0.2, 0.25) is 5.91 Å². The number of unbranched alkanes of at least 4 members (excludes halogenated alkanes) is 1. The monoisotopic (exact) mass is 343 g/mol. The average molecular weight is 343 g/mol. The van der Waals surface area contributed by atoms with Gasteiger partial charge in [-0.2, -0.15) is 0 Å². The Labute approximate surface area is 146 Å². The van der Waals surface area contributed by atoms with Crippen molar-refractivity contribution in [3.05, 3.63) is 68.0 Å². The fraction of sp³-hybridized carbons (Fsp3) is 0.421. The molecule has 6 heteroatoms. The van der Waals surface area contributed by atoms with Gasteiger partial charge in [0.1, 0.15) is 0 Å². The molecule has 0 aliphatic heterocycles. The lowest BCUT2D eigenvalue weighted by molar-refractivity contribution is -0.118. The Balaban J connectivity index is 2.41. The number of aromatic nitrogens is 2. The first kappa shape index (κ1) is 18.7. The van der Waals surface area contributed by atoms with Gasteiger partial charge in [-0.3, -0.25) is 19.1 Å². The summed E-state index contributed by atoms with van der Waals surface area (Å²) in [6.45, 7) is 4.34. The van der Waals surface area contributed by atoms with E-state index in [1.807, 2.05) is 44.2 Å². The molecule has 2 rings (SSSR count). The normalized spacial score (nSPS) is 11.0. The van der Waals surface area contributed by atoms with Crippen LogP contribution >= 0.6 is 0 Å². The summed E-state index contributed by atoms with van der Waals surface area (Å²) in [5.74, 6) is -0.346. The van der Waals surface area contributed by atoms with Crippen LogP contribution in [0.5, 0.6) is 0 Å². The van der Waals surface area contributed by atoms with Crippen LogP contribution in [0.25, 0.3) is 0 Å². The quantitative estimate of drug-likeness (QED) is 0.716. The van der Waals surface area contributed by atoms with Crippen molar-refractivity contribution >= 4 is 5.91 Å². The molecule has 0 radical (unpaired) electrons. The van der Waals surface area contributed by atoms with E-state index in [4.69, 9.17) is 5.73 Å². The van der Waals surface area contributed by atoms with Crippen LogP contribution in [0.15, 0.2) is 39.9 Å². The van der Waals surface area contributed by atoms with E-state index in [0.29, 0.717) is 37.8 Å². The summed E-state index contributed by atoms with van der Waals surface area (Å²) in [5, 5.41) is 0. The molecule has 134 valence electrons. The second-order valence-electron chi connectivity index (χ2n) is 6.51. The molecule has 0 aliphatic carbocycles. The molecular formula is C19H25N3O3. The predicted octanol–water partition coefficient (Wildman–Crippen LogP) is 1.91. The SMILES string of the molecule is CC(C)c1c(Cc2ccccc2)n(CCCCC(N)=O)c(=O)[nH]c1=O. The van der Waals surface area contributed by atoms with Gasteiger partial charge >= 0.3 is 5.69 Å². The van der Waals surface area contributed by atoms with Crippen molar-refractivity contribution in [3.8, 4) is 0 Å². The molecule has 2 aromatic rings. The van der Waals surface area contributed by atoms with E-state index in [1.165, 1.54) is 0 Å². The summed E-state index contributed by atoms with van der Waals surface area (Å²) in [7, 11) is 0. The van der Waals surface area contributed by atoms with Gasteiger partial charge in [0, 0.05) is 30.6 Å². The minimum absolute atomic E-state index is 0.0000631. The molecule has 3 N–H and O–H groups in total. The molecule has 0 atom stereocenters. The largest absolute Gasteiger partial charge is 0.370 e. The molecule has 0 saturated heterocycles. The van der Waals surface area contributed by atoms with Gasteiger partial charge in [0.25, 0.3) is 5.56 Å². The minimum Gasteiger partial charge on any atom is -0.370 e. The average Bonchev–Trinajstić information content (AvgIpc) is 2.53. The lowest BCUT2D eigenvalue weighted by Gasteiger charge is -2.18. The first-order valence-electron chi connectivity index (χ1n) is 8.58. The number of hydrogen-bond acceptors (Lipinski definition) is 3. The number of nitrogens with one attached hydrogen (secondary N) is 1. The van der Waals surface area contributed by atoms with Crippen LogP contribution in [0.3, 0.4) is 0 Å². The highest BCUT2D eigenvalue weighted by molar-refractivity contribution is 5.73. The standard InChI is InChI=1S/C19H25N3O3/c1-13(2)17-15(12-14-8-4-3-5-9-14)22(19(25)21-18(17)24)11-7-6-10-16(20)23/h3-5,8-9,13H,6-7,10-12H2,1-2H3,(H2,20,23)(H,21,24,25). The summed E-state index contributed by atoms with van der Waals surface area (Å²) < 4.78 is 1.63. The lowest BCUT2D eigenvalue weighted by Crippen LogP contribution is -2.36. The van der Waals surface area contributed by atoms with Crippen molar-refractivity contribution in [2.75, 3.05) is 0 Å². The molecule has 1 aromatic carbocycles. The number of nitrogens with two attached hydrogens (primary N) is 1. The van der Waals surface area contributed by atoms with E-state index in [2.05, 4.69) is 4.98 Å². The van der Waals surface area contributed by atoms with E-state index >= 15 is 0 Å². The number of hydrogen-bond donors (Lipinski definition) is 2. The van der Waals surface area contributed by atoms with Crippen LogP contribution in [0.2, 0.25) is 0 Å². The van der Waals surface area contributed by atoms with Gasteiger partial charge in [0.05, 0.1) is 0 Å². The fourth-order valence-corrected chi connectivity index (χ4v) is 3.01. The highest BCUT2D eigenvalue weighted by Gasteiger charge is 2.17. The van der Waals surface area contributed by atoms with Crippen molar-refractivity contribution in [1.29, 1.82) is 0 Å². The maximum atomic E-state index is 12.4. The van der Waals surface area contributed by atoms with Crippen LogP contribution < -0.4 is 17.0 Å². The molecule has 25 heavy (non-hydrogen) atoms. The number of nitrogens with zero attached hydrogens (tertiary/aromatic N) is 1. The summed E-state index contributed by atoms with van der Waals surface area (Å²) in [6, 6.07) is 9.77. The summed E-state index contributed by atoms with van der Waals surface area (Å²) >= 11 is 0. The molecule has 0 unspecified atom stereocenters. The molecule has 1 amide bonds. The number of benzene rings is 1. The molecule has 6 nitrogen and oxygen atoms in total. The highest BCUT2D eigenvalue weighted by atomic mass is 16.2. The van der Waals surface area contributed by atoms with Gasteiger partial charge in [-0.1, -0.05) is 44.2 Å². The minimum atomic E-state index is -0.403. The van der Waals surface area contributed by atoms with Crippen molar-refractivity contribution in [2.24, 2.45) is 5.73 Å². The molecule has 0 fully saturated rings. The van der Waals surface area contributed by atoms with Gasteiger partial charge in [-0.05, 0) is 24.3 Å². The Hall–Kier alpha value is -2.63. The third-order valence-corrected chi connectivity index (χ3v) is 4.19. The molecule has 1 heterocycles. The van der Waals surface area contributed by atoms with Crippen molar-refractivity contribution in [1.82, 2.24) is 9.55 Å². The summed E-state index contributed by atoms with van der Waals surface area (Å²) in [6.07, 6.45) is 2.07. The summed E-state index contributed by atoms with van der Waals surface area (Å²) in [5.41, 5.74) is 6.86. The zero-order valence-corrected chi connectivity index (χ0v) is 14.7.